The topological polar surface area (TPSA) is 27.6 Å². The van der Waals surface area contributed by atoms with Crippen molar-refractivity contribution in [2.75, 3.05) is 14.1 Å². The Hall–Kier alpha value is -0.990. The fraction of sp³-hybridized carbons (Fsp3) is 0.571. The molecule has 58 valence electrons. The average Bonchev–Trinajstić information content (AvgIpc) is 1.88. The van der Waals surface area contributed by atoms with E-state index in [0.717, 1.165) is 5.70 Å². The summed E-state index contributed by atoms with van der Waals surface area (Å²) in [5.74, 6) is 0. The van der Waals surface area contributed by atoms with E-state index in [4.69, 9.17) is 0 Å². The Balaban J connectivity index is 3.68. The molecular formula is C7H15N3. The zero-order chi connectivity index (χ0) is 7.98. The summed E-state index contributed by atoms with van der Waals surface area (Å²) in [6.07, 6.45) is 3.56. The number of nitrogens with one attached hydrogen (secondary N) is 1. The molecule has 0 bridgehead atoms. The second kappa shape index (κ2) is 4.85. The van der Waals surface area contributed by atoms with E-state index in [1.807, 2.05) is 39.0 Å². The lowest BCUT2D eigenvalue weighted by Crippen LogP contribution is -2.10. The quantitative estimate of drug-likeness (QED) is 0.469. The molecule has 0 aromatic rings. The SMILES string of the molecule is C/C=N\N/C=C(/C)N(C)C. The first-order valence-electron chi connectivity index (χ1n) is 3.25. The van der Waals surface area contributed by atoms with Gasteiger partial charge in [0.15, 0.2) is 0 Å². The van der Waals surface area contributed by atoms with Gasteiger partial charge < -0.3 is 4.90 Å². The van der Waals surface area contributed by atoms with Crippen LogP contribution in [0, 0.1) is 0 Å². The van der Waals surface area contributed by atoms with Crippen LogP contribution in [0.5, 0.6) is 0 Å². The molecule has 0 unspecified atom stereocenters. The van der Waals surface area contributed by atoms with Crippen LogP contribution in [0.4, 0.5) is 0 Å². The summed E-state index contributed by atoms with van der Waals surface area (Å²) in [6.45, 7) is 3.88. The third kappa shape index (κ3) is 3.95. The average molecular weight is 141 g/mol. The van der Waals surface area contributed by atoms with Gasteiger partial charge in [0.1, 0.15) is 0 Å². The van der Waals surface area contributed by atoms with Crippen LogP contribution in [0.3, 0.4) is 0 Å². The zero-order valence-corrected chi connectivity index (χ0v) is 7.05. The van der Waals surface area contributed by atoms with E-state index in [0.29, 0.717) is 0 Å². The zero-order valence-electron chi connectivity index (χ0n) is 7.05. The molecule has 0 rings (SSSR count). The van der Waals surface area contributed by atoms with E-state index in [1.165, 1.54) is 0 Å². The molecule has 0 amide bonds. The van der Waals surface area contributed by atoms with E-state index < -0.39 is 0 Å². The molecule has 0 aromatic carbocycles. The summed E-state index contributed by atoms with van der Waals surface area (Å²) in [5, 5.41) is 3.82. The van der Waals surface area contributed by atoms with Gasteiger partial charge in [0.25, 0.3) is 0 Å². The van der Waals surface area contributed by atoms with Crippen molar-refractivity contribution < 1.29 is 0 Å². The molecule has 0 aliphatic heterocycles. The molecule has 0 saturated heterocycles. The predicted octanol–water partition coefficient (Wildman–Crippen LogP) is 1.00. The molecule has 0 fully saturated rings. The lowest BCUT2D eigenvalue weighted by Gasteiger charge is -2.11. The van der Waals surface area contributed by atoms with Gasteiger partial charge in [-0.15, -0.1) is 0 Å². The van der Waals surface area contributed by atoms with Gasteiger partial charge >= 0.3 is 0 Å². The van der Waals surface area contributed by atoms with Gasteiger partial charge in [0.2, 0.25) is 0 Å². The maximum absolute atomic E-state index is 3.82. The van der Waals surface area contributed by atoms with E-state index in [2.05, 4.69) is 10.5 Å². The summed E-state index contributed by atoms with van der Waals surface area (Å²) >= 11 is 0. The van der Waals surface area contributed by atoms with Crippen LogP contribution in [-0.4, -0.2) is 25.2 Å². The fourth-order valence-electron chi connectivity index (χ4n) is 0.334. The smallest absolute Gasteiger partial charge is 0.0388 e. The molecule has 0 spiro atoms. The van der Waals surface area contributed by atoms with Gasteiger partial charge in [-0.3, -0.25) is 5.43 Å². The Kier molecular flexibility index (Phi) is 4.37. The lowest BCUT2D eigenvalue weighted by atomic mass is 10.5. The summed E-state index contributed by atoms with van der Waals surface area (Å²) in [7, 11) is 3.98. The molecule has 0 aromatic heterocycles. The van der Waals surface area contributed by atoms with Crippen LogP contribution in [0.15, 0.2) is 17.0 Å². The third-order valence-electron chi connectivity index (χ3n) is 1.18. The molecule has 0 saturated carbocycles. The van der Waals surface area contributed by atoms with Crippen LogP contribution >= 0.6 is 0 Å². The molecule has 0 radical (unpaired) electrons. The Labute approximate surface area is 62.4 Å². The Bertz CT molecular complexity index is 136. The summed E-state index contributed by atoms with van der Waals surface area (Å²) in [5.41, 5.74) is 3.93. The van der Waals surface area contributed by atoms with Crippen molar-refractivity contribution in [3.63, 3.8) is 0 Å². The van der Waals surface area contributed by atoms with Crippen molar-refractivity contribution in [1.82, 2.24) is 10.3 Å². The molecule has 1 N–H and O–H groups in total. The maximum atomic E-state index is 3.82. The first kappa shape index (κ1) is 9.01. The number of nitrogens with zero attached hydrogens (tertiary/aromatic N) is 2. The third-order valence-corrected chi connectivity index (χ3v) is 1.18. The monoisotopic (exact) mass is 141 g/mol. The minimum atomic E-state index is 1.14. The summed E-state index contributed by atoms with van der Waals surface area (Å²) < 4.78 is 0. The van der Waals surface area contributed by atoms with Crippen molar-refractivity contribution in [3.05, 3.63) is 11.9 Å². The molecule has 3 nitrogen and oxygen atoms in total. The first-order valence-corrected chi connectivity index (χ1v) is 3.25. The number of allylic oxidation sites excluding steroid dienone is 1. The van der Waals surface area contributed by atoms with Crippen LogP contribution < -0.4 is 5.43 Å². The number of rotatable bonds is 3. The van der Waals surface area contributed by atoms with Crippen molar-refractivity contribution >= 4 is 6.21 Å². The van der Waals surface area contributed by atoms with Crippen LogP contribution in [0.1, 0.15) is 13.8 Å². The van der Waals surface area contributed by atoms with Gasteiger partial charge in [0, 0.05) is 32.2 Å². The van der Waals surface area contributed by atoms with Gasteiger partial charge in [-0.05, 0) is 13.8 Å². The fourth-order valence-corrected chi connectivity index (χ4v) is 0.334. The predicted molar refractivity (Wildman–Crippen MR) is 44.7 cm³/mol. The highest BCUT2D eigenvalue weighted by Gasteiger charge is 1.86. The van der Waals surface area contributed by atoms with E-state index in [1.54, 1.807) is 6.21 Å². The molecule has 10 heavy (non-hydrogen) atoms. The van der Waals surface area contributed by atoms with E-state index in [9.17, 15) is 0 Å². The van der Waals surface area contributed by atoms with Crippen molar-refractivity contribution in [2.24, 2.45) is 5.10 Å². The molecule has 0 aliphatic carbocycles. The van der Waals surface area contributed by atoms with Gasteiger partial charge in [-0.25, -0.2) is 0 Å². The van der Waals surface area contributed by atoms with Crippen molar-refractivity contribution in [3.8, 4) is 0 Å². The van der Waals surface area contributed by atoms with Crippen LogP contribution in [0.25, 0.3) is 0 Å². The van der Waals surface area contributed by atoms with E-state index >= 15 is 0 Å². The maximum Gasteiger partial charge on any atom is 0.0388 e. The highest BCUT2D eigenvalue weighted by Crippen LogP contribution is 1.91. The highest BCUT2D eigenvalue weighted by molar-refractivity contribution is 5.52. The number of hydrogen-bond donors (Lipinski definition) is 1. The van der Waals surface area contributed by atoms with Gasteiger partial charge in [-0.1, -0.05) is 0 Å². The summed E-state index contributed by atoms with van der Waals surface area (Å²) in [4.78, 5) is 2.01. The largest absolute Gasteiger partial charge is 0.380 e. The highest BCUT2D eigenvalue weighted by atomic mass is 15.3. The van der Waals surface area contributed by atoms with Crippen molar-refractivity contribution in [1.29, 1.82) is 0 Å². The Morgan fingerprint density at radius 2 is 2.10 bits per heavy atom. The van der Waals surface area contributed by atoms with E-state index in [-0.39, 0.29) is 0 Å². The molecule has 0 atom stereocenters. The van der Waals surface area contributed by atoms with Gasteiger partial charge in [0.05, 0.1) is 0 Å². The van der Waals surface area contributed by atoms with Crippen LogP contribution in [0.2, 0.25) is 0 Å². The Morgan fingerprint density at radius 3 is 2.50 bits per heavy atom. The molecule has 0 heterocycles. The Morgan fingerprint density at radius 1 is 1.50 bits per heavy atom. The standard InChI is InChI=1S/C7H15N3/c1-5-8-9-6-7(2)10(3)4/h5-6,9H,1-4H3/b7-6-,8-5-. The minimum absolute atomic E-state index is 1.14. The lowest BCUT2D eigenvalue weighted by molar-refractivity contribution is 0.508. The van der Waals surface area contributed by atoms with Crippen molar-refractivity contribution in [2.45, 2.75) is 13.8 Å². The summed E-state index contributed by atoms with van der Waals surface area (Å²) in [6, 6.07) is 0. The molecule has 3 heteroatoms. The molecular weight excluding hydrogens is 126 g/mol. The second-order valence-electron chi connectivity index (χ2n) is 2.20. The minimum Gasteiger partial charge on any atom is -0.380 e. The second-order valence-corrected chi connectivity index (χ2v) is 2.20. The van der Waals surface area contributed by atoms with Gasteiger partial charge in [-0.2, -0.15) is 5.10 Å². The van der Waals surface area contributed by atoms with Crippen LogP contribution in [-0.2, 0) is 0 Å². The first-order chi connectivity index (χ1) is 4.68. The number of hydrogen-bond acceptors (Lipinski definition) is 3. The molecule has 0 aliphatic rings. The number of hydrazone groups is 1. The normalized spacial score (nSPS) is 12.2.